The van der Waals surface area contributed by atoms with E-state index in [4.69, 9.17) is 9.73 Å². The normalized spacial score (nSPS) is 14.1. The molecule has 1 aliphatic rings. The van der Waals surface area contributed by atoms with Crippen molar-refractivity contribution >= 4 is 17.8 Å². The van der Waals surface area contributed by atoms with Crippen LogP contribution in [0.5, 0.6) is 5.75 Å². The third-order valence-corrected chi connectivity index (χ3v) is 5.94. The van der Waals surface area contributed by atoms with Crippen molar-refractivity contribution in [2.24, 2.45) is 4.99 Å². The lowest BCUT2D eigenvalue weighted by Gasteiger charge is -2.04. The zero-order valence-electron chi connectivity index (χ0n) is 20.5. The van der Waals surface area contributed by atoms with Crippen LogP contribution in [0, 0.1) is 6.92 Å². The Morgan fingerprint density at radius 1 is 1.09 bits per heavy atom. The maximum absolute atomic E-state index is 12.1. The molecule has 0 aliphatic carbocycles. The average Bonchev–Trinajstić information content (AvgIpc) is 3.52. The van der Waals surface area contributed by atoms with E-state index in [0.717, 1.165) is 36.4 Å². The molecule has 0 bridgehead atoms. The lowest BCUT2D eigenvalue weighted by Crippen LogP contribution is -2.02. The van der Waals surface area contributed by atoms with Crippen molar-refractivity contribution in [3.8, 4) is 17.1 Å². The lowest BCUT2D eigenvalue weighted by molar-refractivity contribution is 0.0694. The van der Waals surface area contributed by atoms with Crippen LogP contribution in [-0.4, -0.2) is 33.4 Å². The van der Waals surface area contributed by atoms with Gasteiger partial charge in [-0.1, -0.05) is 38.2 Å². The van der Waals surface area contributed by atoms with E-state index >= 15 is 0 Å². The third kappa shape index (κ3) is 6.86. The number of nitrogens with zero attached hydrogens (tertiary/aromatic N) is 1. The van der Waals surface area contributed by atoms with E-state index in [-0.39, 0.29) is 5.56 Å². The first-order chi connectivity index (χ1) is 16.5. The standard InChI is InChI=1S/C28H37N3O3/c1-4-6-7-8-9-10-11-12-13-14-21-16-17-22(30-21)19-24-27(34-5-2)25(28(32)33)26(31-24)23-18-15-20(3)29-23/h4,15-19,29,31H,1,5-14H2,2-3H3,(H,32,33). The molecule has 2 aromatic rings. The van der Waals surface area contributed by atoms with Gasteiger partial charge in [-0.25, -0.2) is 4.79 Å². The Morgan fingerprint density at radius 3 is 2.47 bits per heavy atom. The highest BCUT2D eigenvalue weighted by Gasteiger charge is 2.25. The fourth-order valence-electron chi connectivity index (χ4n) is 4.22. The van der Waals surface area contributed by atoms with E-state index in [1.807, 2.05) is 44.2 Å². The van der Waals surface area contributed by atoms with Gasteiger partial charge in [0.2, 0.25) is 0 Å². The zero-order valence-corrected chi connectivity index (χ0v) is 20.5. The molecule has 0 aromatic carbocycles. The Hall–Kier alpha value is -3.28. The number of carboxylic acid groups (broad SMARTS) is 1. The van der Waals surface area contributed by atoms with E-state index in [1.165, 1.54) is 38.5 Å². The van der Waals surface area contributed by atoms with E-state index in [9.17, 15) is 9.90 Å². The first-order valence-electron chi connectivity index (χ1n) is 12.4. The van der Waals surface area contributed by atoms with Gasteiger partial charge in [0.25, 0.3) is 0 Å². The molecule has 3 N–H and O–H groups in total. The summed E-state index contributed by atoms with van der Waals surface area (Å²) in [4.78, 5) is 23.3. The van der Waals surface area contributed by atoms with Gasteiger partial charge in [-0.05, 0) is 69.9 Å². The fourth-order valence-corrected chi connectivity index (χ4v) is 4.22. The van der Waals surface area contributed by atoms with Gasteiger partial charge in [0.15, 0.2) is 5.75 Å². The quantitative estimate of drug-likeness (QED) is 0.189. The van der Waals surface area contributed by atoms with Crippen molar-refractivity contribution in [3.63, 3.8) is 0 Å². The summed E-state index contributed by atoms with van der Waals surface area (Å²) in [7, 11) is 0. The van der Waals surface area contributed by atoms with Crippen LogP contribution >= 0.6 is 0 Å². The average molecular weight is 464 g/mol. The van der Waals surface area contributed by atoms with Gasteiger partial charge >= 0.3 is 5.97 Å². The smallest absolute Gasteiger partial charge is 0.341 e. The zero-order chi connectivity index (χ0) is 24.3. The molecule has 2 aromatic heterocycles. The van der Waals surface area contributed by atoms with Gasteiger partial charge in [-0.3, -0.25) is 4.99 Å². The van der Waals surface area contributed by atoms with Gasteiger partial charge in [-0.15, -0.1) is 6.58 Å². The van der Waals surface area contributed by atoms with Gasteiger partial charge in [0.1, 0.15) is 5.56 Å². The number of rotatable bonds is 15. The summed E-state index contributed by atoms with van der Waals surface area (Å²) in [5, 5.41) is 9.89. The molecule has 0 saturated heterocycles. The molecule has 6 heteroatoms. The van der Waals surface area contributed by atoms with Gasteiger partial charge < -0.3 is 19.8 Å². The number of hydrogen-bond acceptors (Lipinski definition) is 3. The second-order valence-corrected chi connectivity index (χ2v) is 8.72. The molecule has 182 valence electrons. The number of allylic oxidation sites excluding steroid dienone is 3. The first-order valence-corrected chi connectivity index (χ1v) is 12.4. The number of aromatic amines is 2. The van der Waals surface area contributed by atoms with Crippen molar-refractivity contribution in [3.05, 3.63) is 59.6 Å². The molecule has 0 saturated carbocycles. The molecular weight excluding hydrogens is 426 g/mol. The molecule has 0 radical (unpaired) electrons. The summed E-state index contributed by atoms with van der Waals surface area (Å²) >= 11 is 0. The molecule has 0 fully saturated rings. The predicted molar refractivity (Wildman–Crippen MR) is 140 cm³/mol. The second kappa shape index (κ2) is 12.8. The number of nitrogens with one attached hydrogen (secondary N) is 2. The Kier molecular flexibility index (Phi) is 9.56. The van der Waals surface area contributed by atoms with Crippen molar-refractivity contribution in [2.45, 2.75) is 71.6 Å². The van der Waals surface area contributed by atoms with E-state index < -0.39 is 5.97 Å². The van der Waals surface area contributed by atoms with Crippen LogP contribution in [0.2, 0.25) is 0 Å². The number of aryl methyl sites for hydroxylation is 1. The van der Waals surface area contributed by atoms with E-state index in [0.29, 0.717) is 29.4 Å². The van der Waals surface area contributed by atoms with Crippen molar-refractivity contribution < 1.29 is 14.6 Å². The maximum Gasteiger partial charge on any atom is 0.341 e. The van der Waals surface area contributed by atoms with Crippen molar-refractivity contribution in [1.82, 2.24) is 9.97 Å². The molecule has 3 heterocycles. The summed E-state index contributed by atoms with van der Waals surface area (Å²) in [6, 6.07) is 3.78. The van der Waals surface area contributed by atoms with Crippen LogP contribution in [0.15, 0.2) is 47.6 Å². The van der Waals surface area contributed by atoms with Crippen LogP contribution < -0.4 is 4.74 Å². The second-order valence-electron chi connectivity index (χ2n) is 8.72. The number of H-pyrrole nitrogens is 2. The summed E-state index contributed by atoms with van der Waals surface area (Å²) in [6.07, 6.45) is 18.8. The van der Waals surface area contributed by atoms with Crippen LogP contribution in [0.4, 0.5) is 0 Å². The molecule has 1 aliphatic heterocycles. The number of carboxylic acids is 1. The van der Waals surface area contributed by atoms with E-state index in [1.54, 1.807) is 0 Å². The number of aromatic nitrogens is 2. The highest BCUT2D eigenvalue weighted by molar-refractivity contribution is 6.01. The van der Waals surface area contributed by atoms with Gasteiger partial charge in [-0.2, -0.15) is 0 Å². The summed E-state index contributed by atoms with van der Waals surface area (Å²) < 4.78 is 5.76. The number of aromatic carboxylic acids is 1. The van der Waals surface area contributed by atoms with Crippen LogP contribution in [0.3, 0.4) is 0 Å². The van der Waals surface area contributed by atoms with Crippen molar-refractivity contribution in [2.75, 3.05) is 6.61 Å². The van der Waals surface area contributed by atoms with Gasteiger partial charge in [0.05, 0.1) is 29.4 Å². The fraction of sp³-hybridized carbons (Fsp3) is 0.429. The molecule has 6 nitrogen and oxygen atoms in total. The minimum Gasteiger partial charge on any atom is -0.491 e. The summed E-state index contributed by atoms with van der Waals surface area (Å²) in [5.74, 6) is -0.687. The molecule has 0 unspecified atom stereocenters. The SMILES string of the molecule is C=CCCCCCCCCCC1=NC(=Cc2[nH]c(-c3ccc(C)[nH]3)c(C(=O)O)c2OCC)C=C1. The largest absolute Gasteiger partial charge is 0.491 e. The number of hydrogen-bond donors (Lipinski definition) is 3. The highest BCUT2D eigenvalue weighted by Crippen LogP contribution is 2.35. The highest BCUT2D eigenvalue weighted by atomic mass is 16.5. The summed E-state index contributed by atoms with van der Waals surface area (Å²) in [6.45, 7) is 7.92. The number of ether oxygens (including phenoxy) is 1. The Bertz CT molecular complexity index is 1070. The Labute approximate surface area is 202 Å². The van der Waals surface area contributed by atoms with Crippen LogP contribution in [0.1, 0.15) is 86.5 Å². The Balaban J connectivity index is 1.64. The number of carbonyl (C=O) groups is 1. The number of aliphatic imine (C=N–C) groups is 1. The molecule has 0 amide bonds. The molecule has 0 spiro atoms. The maximum atomic E-state index is 12.1. The molecular formula is C28H37N3O3. The van der Waals surface area contributed by atoms with Crippen molar-refractivity contribution in [1.29, 1.82) is 0 Å². The van der Waals surface area contributed by atoms with Crippen LogP contribution in [0.25, 0.3) is 17.5 Å². The first kappa shape index (κ1) is 25.3. The topological polar surface area (TPSA) is 90.5 Å². The Morgan fingerprint density at radius 2 is 1.82 bits per heavy atom. The lowest BCUT2D eigenvalue weighted by atomic mass is 10.1. The summed E-state index contributed by atoms with van der Waals surface area (Å²) in [5.41, 5.74) is 4.79. The minimum atomic E-state index is -1.03. The van der Waals surface area contributed by atoms with Crippen LogP contribution in [-0.2, 0) is 0 Å². The monoisotopic (exact) mass is 463 g/mol. The third-order valence-electron chi connectivity index (χ3n) is 5.94. The molecule has 3 rings (SSSR count). The molecule has 34 heavy (non-hydrogen) atoms. The minimum absolute atomic E-state index is 0.131. The number of unbranched alkanes of at least 4 members (excludes halogenated alkanes) is 7. The van der Waals surface area contributed by atoms with Gasteiger partial charge in [0, 0.05) is 11.4 Å². The van der Waals surface area contributed by atoms with E-state index in [2.05, 4.69) is 22.6 Å². The predicted octanol–water partition coefficient (Wildman–Crippen LogP) is 7.46. The molecule has 0 atom stereocenters.